The Bertz CT molecular complexity index is 355. The number of carboxylic acids is 1. The molecule has 2 N–H and O–H groups in total. The maximum atomic E-state index is 10.7. The molecule has 2 unspecified atom stereocenters. The molecule has 0 saturated carbocycles. The molecule has 1 aromatic rings. The molecular formula is C8H8ClNO2S2. The van der Waals surface area contributed by atoms with E-state index in [1.807, 2.05) is 11.4 Å². The molecule has 0 aliphatic carbocycles. The van der Waals surface area contributed by atoms with Crippen LogP contribution in [0.4, 0.5) is 0 Å². The summed E-state index contributed by atoms with van der Waals surface area (Å²) in [6, 6.07) is 1.47. The van der Waals surface area contributed by atoms with Gasteiger partial charge in [0.05, 0.1) is 9.71 Å². The number of thiophene rings is 1. The predicted octanol–water partition coefficient (Wildman–Crippen LogP) is 2.19. The number of carbonyl (C=O) groups is 1. The molecule has 2 heterocycles. The van der Waals surface area contributed by atoms with E-state index in [-0.39, 0.29) is 5.37 Å². The molecule has 0 aromatic carbocycles. The lowest BCUT2D eigenvalue weighted by atomic mass is 10.3. The highest BCUT2D eigenvalue weighted by atomic mass is 35.5. The lowest BCUT2D eigenvalue weighted by Crippen LogP contribution is -2.33. The second kappa shape index (κ2) is 4.10. The highest BCUT2D eigenvalue weighted by Gasteiger charge is 2.31. The number of thioether (sulfide) groups is 1. The van der Waals surface area contributed by atoms with Gasteiger partial charge in [-0.1, -0.05) is 11.6 Å². The van der Waals surface area contributed by atoms with Crippen LogP contribution in [0.1, 0.15) is 10.9 Å². The molecule has 0 radical (unpaired) electrons. The van der Waals surface area contributed by atoms with Gasteiger partial charge in [-0.2, -0.15) is 0 Å². The third-order valence-electron chi connectivity index (χ3n) is 2.01. The summed E-state index contributed by atoms with van der Waals surface area (Å²) in [5.41, 5.74) is 0.991. The van der Waals surface area contributed by atoms with Crippen LogP contribution in [0, 0.1) is 0 Å². The van der Waals surface area contributed by atoms with Gasteiger partial charge in [-0.25, -0.2) is 0 Å². The molecule has 3 nitrogen and oxygen atoms in total. The van der Waals surface area contributed by atoms with Gasteiger partial charge in [0, 0.05) is 11.3 Å². The highest BCUT2D eigenvalue weighted by molar-refractivity contribution is 7.99. The molecule has 2 rings (SSSR count). The molecule has 1 aliphatic heterocycles. The summed E-state index contributed by atoms with van der Waals surface area (Å²) in [6.45, 7) is 0. The minimum atomic E-state index is -0.800. The molecule has 1 saturated heterocycles. The monoisotopic (exact) mass is 249 g/mol. The van der Waals surface area contributed by atoms with E-state index in [4.69, 9.17) is 16.7 Å². The van der Waals surface area contributed by atoms with Crippen LogP contribution < -0.4 is 5.32 Å². The van der Waals surface area contributed by atoms with Gasteiger partial charge in [0.2, 0.25) is 0 Å². The van der Waals surface area contributed by atoms with Crippen molar-refractivity contribution in [2.75, 3.05) is 5.75 Å². The van der Waals surface area contributed by atoms with Gasteiger partial charge in [0.1, 0.15) is 6.04 Å². The summed E-state index contributed by atoms with van der Waals surface area (Å²) in [7, 11) is 0. The van der Waals surface area contributed by atoms with Gasteiger partial charge < -0.3 is 5.11 Å². The molecule has 76 valence electrons. The molecule has 0 bridgehead atoms. The Kier molecular flexibility index (Phi) is 3.02. The Morgan fingerprint density at radius 2 is 2.50 bits per heavy atom. The lowest BCUT2D eigenvalue weighted by Gasteiger charge is -2.09. The molecular weight excluding hydrogens is 242 g/mol. The number of hydrogen-bond acceptors (Lipinski definition) is 4. The first-order valence-electron chi connectivity index (χ1n) is 4.02. The molecule has 0 spiro atoms. The maximum Gasteiger partial charge on any atom is 0.321 e. The standard InChI is InChI=1S/C8H8ClNO2S2/c9-6-4(1-2-13-6)7-10-5(3-14-7)8(11)12/h1-2,5,7,10H,3H2,(H,11,12). The Morgan fingerprint density at radius 3 is 3.00 bits per heavy atom. The summed E-state index contributed by atoms with van der Waals surface area (Å²) in [6.07, 6.45) is 0. The van der Waals surface area contributed by atoms with Crippen molar-refractivity contribution in [1.29, 1.82) is 0 Å². The molecule has 0 amide bonds. The zero-order valence-corrected chi connectivity index (χ0v) is 9.46. The topological polar surface area (TPSA) is 49.3 Å². The van der Waals surface area contributed by atoms with Crippen molar-refractivity contribution in [1.82, 2.24) is 5.32 Å². The van der Waals surface area contributed by atoms with E-state index in [2.05, 4.69) is 5.32 Å². The van der Waals surface area contributed by atoms with E-state index in [0.717, 1.165) is 9.90 Å². The van der Waals surface area contributed by atoms with Crippen molar-refractivity contribution in [3.05, 3.63) is 21.3 Å². The number of aliphatic carboxylic acids is 1. The SMILES string of the molecule is O=C(O)C1CSC(c2ccsc2Cl)N1. The summed E-state index contributed by atoms with van der Waals surface area (Å²) >= 11 is 9.01. The normalized spacial score (nSPS) is 26.6. The van der Waals surface area contributed by atoms with Crippen LogP contribution in [0.2, 0.25) is 4.34 Å². The number of halogens is 1. The Balaban J connectivity index is 2.10. The van der Waals surface area contributed by atoms with Crippen LogP contribution in [0.3, 0.4) is 0 Å². The van der Waals surface area contributed by atoms with E-state index in [1.54, 1.807) is 11.8 Å². The van der Waals surface area contributed by atoms with Crippen molar-refractivity contribution in [2.45, 2.75) is 11.4 Å². The minimum Gasteiger partial charge on any atom is -0.480 e. The van der Waals surface area contributed by atoms with E-state index < -0.39 is 12.0 Å². The molecule has 6 heteroatoms. The van der Waals surface area contributed by atoms with Crippen LogP contribution in [0.5, 0.6) is 0 Å². The second-order valence-corrected chi connectivity index (χ2v) is 5.58. The first-order chi connectivity index (χ1) is 6.68. The lowest BCUT2D eigenvalue weighted by molar-refractivity contribution is -0.138. The van der Waals surface area contributed by atoms with Crippen LogP contribution in [0.25, 0.3) is 0 Å². The maximum absolute atomic E-state index is 10.7. The quantitative estimate of drug-likeness (QED) is 0.844. The first kappa shape index (κ1) is 10.3. The third kappa shape index (κ3) is 1.91. The fourth-order valence-corrected chi connectivity index (χ4v) is 3.67. The zero-order chi connectivity index (χ0) is 10.1. The van der Waals surface area contributed by atoms with E-state index in [1.165, 1.54) is 11.3 Å². The van der Waals surface area contributed by atoms with Gasteiger partial charge in [0.15, 0.2) is 0 Å². The Morgan fingerprint density at radius 1 is 1.71 bits per heavy atom. The van der Waals surface area contributed by atoms with Crippen LogP contribution in [-0.2, 0) is 4.79 Å². The number of hydrogen-bond donors (Lipinski definition) is 2. The first-order valence-corrected chi connectivity index (χ1v) is 6.32. The van der Waals surface area contributed by atoms with Crippen molar-refractivity contribution in [3.8, 4) is 0 Å². The average Bonchev–Trinajstić information content (AvgIpc) is 2.71. The number of carboxylic acid groups (broad SMARTS) is 1. The summed E-state index contributed by atoms with van der Waals surface area (Å²) < 4.78 is 0.737. The average molecular weight is 250 g/mol. The van der Waals surface area contributed by atoms with Gasteiger partial charge in [-0.05, 0) is 11.4 Å². The number of rotatable bonds is 2. The summed E-state index contributed by atoms with van der Waals surface area (Å²) in [5, 5.41) is 13.7. The fraction of sp³-hybridized carbons (Fsp3) is 0.375. The van der Waals surface area contributed by atoms with Crippen molar-refractivity contribution < 1.29 is 9.90 Å². The highest BCUT2D eigenvalue weighted by Crippen LogP contribution is 2.38. The molecule has 14 heavy (non-hydrogen) atoms. The van der Waals surface area contributed by atoms with Gasteiger partial charge >= 0.3 is 5.97 Å². The largest absolute Gasteiger partial charge is 0.480 e. The molecule has 2 atom stereocenters. The van der Waals surface area contributed by atoms with Gasteiger partial charge in [-0.3, -0.25) is 10.1 Å². The summed E-state index contributed by atoms with van der Waals surface area (Å²) in [5.74, 6) is -0.210. The van der Waals surface area contributed by atoms with E-state index in [9.17, 15) is 4.79 Å². The second-order valence-electron chi connectivity index (χ2n) is 2.92. The third-order valence-corrected chi connectivity index (χ3v) is 4.46. The van der Waals surface area contributed by atoms with E-state index in [0.29, 0.717) is 5.75 Å². The van der Waals surface area contributed by atoms with E-state index >= 15 is 0 Å². The van der Waals surface area contributed by atoms with Crippen LogP contribution in [-0.4, -0.2) is 22.9 Å². The zero-order valence-electron chi connectivity index (χ0n) is 7.07. The van der Waals surface area contributed by atoms with Crippen molar-refractivity contribution in [2.24, 2.45) is 0 Å². The van der Waals surface area contributed by atoms with Gasteiger partial charge in [-0.15, -0.1) is 23.1 Å². The smallest absolute Gasteiger partial charge is 0.321 e. The summed E-state index contributed by atoms with van der Waals surface area (Å²) in [4.78, 5) is 10.7. The molecule has 1 aliphatic rings. The fourth-order valence-electron chi connectivity index (χ4n) is 1.28. The number of nitrogens with one attached hydrogen (secondary N) is 1. The van der Waals surface area contributed by atoms with Crippen LogP contribution >= 0.6 is 34.7 Å². The van der Waals surface area contributed by atoms with Crippen LogP contribution in [0.15, 0.2) is 11.4 Å². The molecule has 1 fully saturated rings. The van der Waals surface area contributed by atoms with Crippen molar-refractivity contribution in [3.63, 3.8) is 0 Å². The van der Waals surface area contributed by atoms with Gasteiger partial charge in [0.25, 0.3) is 0 Å². The van der Waals surface area contributed by atoms with Crippen molar-refractivity contribution >= 4 is 40.7 Å². The Labute approximate surface area is 94.5 Å². The predicted molar refractivity (Wildman–Crippen MR) is 59.1 cm³/mol. The Hall–Kier alpha value is -0.230. The minimum absolute atomic E-state index is 0.0230. The molecule has 1 aromatic heterocycles.